The van der Waals surface area contributed by atoms with Crippen LogP contribution >= 0.6 is 11.6 Å². The van der Waals surface area contributed by atoms with Crippen LogP contribution in [-0.2, 0) is 21.0 Å². The molecule has 1 fully saturated rings. The third kappa shape index (κ3) is 3.90. The lowest BCUT2D eigenvalue weighted by molar-refractivity contribution is -0.768. The van der Waals surface area contributed by atoms with Crippen LogP contribution in [0.1, 0.15) is 47.8 Å². The van der Waals surface area contributed by atoms with E-state index in [1.54, 1.807) is 19.1 Å². The Morgan fingerprint density at radius 1 is 1.30 bits per heavy atom. The number of fused-ring (bicyclic) bond motifs is 1. The fourth-order valence-electron chi connectivity index (χ4n) is 3.99. The summed E-state index contributed by atoms with van der Waals surface area (Å²) in [5.74, 6) is -0.877. The van der Waals surface area contributed by atoms with Gasteiger partial charge in [-0.2, -0.15) is 4.73 Å². The number of esters is 1. The summed E-state index contributed by atoms with van der Waals surface area (Å²) in [6.07, 6.45) is 1.37. The van der Waals surface area contributed by atoms with Crippen LogP contribution in [0.5, 0.6) is 5.75 Å². The van der Waals surface area contributed by atoms with E-state index in [-0.39, 0.29) is 24.5 Å². The second-order valence-corrected chi connectivity index (χ2v) is 7.86. The number of ether oxygens (including phenoxy) is 2. The molecule has 1 aliphatic heterocycles. The molecule has 0 bridgehead atoms. The van der Waals surface area contributed by atoms with Gasteiger partial charge in [0.1, 0.15) is 12.2 Å². The van der Waals surface area contributed by atoms with Crippen molar-refractivity contribution in [2.24, 2.45) is 5.92 Å². The predicted molar refractivity (Wildman–Crippen MR) is 103 cm³/mol. The summed E-state index contributed by atoms with van der Waals surface area (Å²) in [5, 5.41) is 22.7. The molecule has 158 valence electrons. The van der Waals surface area contributed by atoms with Crippen LogP contribution in [0.3, 0.4) is 0 Å². The molecule has 1 aliphatic carbocycles. The summed E-state index contributed by atoms with van der Waals surface area (Å²) in [7, 11) is 0. The standard InChI is InChI=1S/C20H19ClN2O7/c1-11-18(29-20(24)13-4-7-15(8-13)30-23(26)27)17-10-28-19(16(17)9-22(11)25)12-2-5-14(21)6-3-12/h2-3,5-6,9,13,15,19H,4,7-8,10H2,1H3/t13-,15+,19+/m1/s1. The molecule has 4 rings (SSSR count). The molecule has 1 saturated carbocycles. The maximum atomic E-state index is 12.7. The van der Waals surface area contributed by atoms with Gasteiger partial charge in [0.2, 0.25) is 11.4 Å². The normalized spacial score (nSPS) is 22.5. The topological polar surface area (TPSA) is 115 Å². The molecule has 2 heterocycles. The number of hydrogen-bond acceptors (Lipinski definition) is 7. The molecule has 0 amide bonds. The fraction of sp³-hybridized carbons (Fsp3) is 0.400. The summed E-state index contributed by atoms with van der Waals surface area (Å²) in [6, 6.07) is 7.11. The van der Waals surface area contributed by atoms with Crippen molar-refractivity contribution in [1.82, 2.24) is 0 Å². The average Bonchev–Trinajstić information content (AvgIpc) is 3.32. The lowest BCUT2D eigenvalue weighted by atomic mass is 10.00. The molecule has 1 aromatic heterocycles. The molecule has 0 unspecified atom stereocenters. The number of nitrogens with zero attached hydrogens (tertiary/aromatic N) is 2. The number of rotatable bonds is 5. The molecular formula is C20H19ClN2O7. The lowest BCUT2D eigenvalue weighted by Gasteiger charge is -2.15. The van der Waals surface area contributed by atoms with Gasteiger partial charge in [-0.05, 0) is 37.0 Å². The van der Waals surface area contributed by atoms with Crippen molar-refractivity contribution in [3.8, 4) is 5.75 Å². The van der Waals surface area contributed by atoms with E-state index in [1.165, 1.54) is 6.20 Å². The number of hydrogen-bond donors (Lipinski definition) is 0. The second-order valence-electron chi connectivity index (χ2n) is 7.43. The molecule has 3 atom stereocenters. The Morgan fingerprint density at radius 3 is 2.73 bits per heavy atom. The van der Waals surface area contributed by atoms with Gasteiger partial charge < -0.3 is 19.5 Å². The molecule has 1 aromatic carbocycles. The van der Waals surface area contributed by atoms with Crippen LogP contribution in [0.2, 0.25) is 5.02 Å². The van der Waals surface area contributed by atoms with Gasteiger partial charge in [-0.15, -0.1) is 10.1 Å². The number of carbonyl (C=O) groups is 1. The highest BCUT2D eigenvalue weighted by Crippen LogP contribution is 2.41. The molecule has 9 nitrogen and oxygen atoms in total. The zero-order chi connectivity index (χ0) is 21.4. The Morgan fingerprint density at radius 2 is 2.03 bits per heavy atom. The predicted octanol–water partition coefficient (Wildman–Crippen LogP) is 3.18. The van der Waals surface area contributed by atoms with E-state index in [1.807, 2.05) is 12.1 Å². The minimum atomic E-state index is -0.846. The van der Waals surface area contributed by atoms with Crippen molar-refractivity contribution in [3.05, 3.63) is 73.2 Å². The molecule has 0 N–H and O–H groups in total. The Hall–Kier alpha value is -2.91. The molecule has 0 spiro atoms. The monoisotopic (exact) mass is 434 g/mol. The molecule has 0 radical (unpaired) electrons. The number of halogens is 1. The van der Waals surface area contributed by atoms with Crippen LogP contribution in [0.4, 0.5) is 0 Å². The molecule has 0 saturated heterocycles. The van der Waals surface area contributed by atoms with E-state index >= 15 is 0 Å². The van der Waals surface area contributed by atoms with Crippen LogP contribution in [0.15, 0.2) is 30.5 Å². The zero-order valence-electron chi connectivity index (χ0n) is 16.1. The van der Waals surface area contributed by atoms with Crippen LogP contribution in [0.25, 0.3) is 0 Å². The van der Waals surface area contributed by atoms with Gasteiger partial charge in [-0.1, -0.05) is 23.7 Å². The SMILES string of the molecule is Cc1c(OC(=O)[C@@H]2CC[C@H](O[N+](=O)[O-])C2)c2c(c[n+]1[O-])[C@H](c1ccc(Cl)cc1)OC2. The Labute approximate surface area is 176 Å². The van der Waals surface area contributed by atoms with Gasteiger partial charge in [0.05, 0.1) is 18.1 Å². The molecule has 10 heteroatoms. The van der Waals surface area contributed by atoms with Crippen LogP contribution < -0.4 is 9.47 Å². The number of pyridine rings is 1. The van der Waals surface area contributed by atoms with Crippen molar-refractivity contribution in [2.75, 3.05) is 0 Å². The molecule has 30 heavy (non-hydrogen) atoms. The first-order valence-corrected chi connectivity index (χ1v) is 9.86. The first-order chi connectivity index (χ1) is 14.3. The minimum absolute atomic E-state index is 0.183. The van der Waals surface area contributed by atoms with E-state index in [0.717, 1.165) is 5.56 Å². The Kier molecular flexibility index (Phi) is 5.48. The van der Waals surface area contributed by atoms with Crippen molar-refractivity contribution in [3.63, 3.8) is 0 Å². The van der Waals surface area contributed by atoms with Gasteiger partial charge in [0.15, 0.2) is 6.20 Å². The van der Waals surface area contributed by atoms with Crippen LogP contribution in [-0.4, -0.2) is 17.2 Å². The van der Waals surface area contributed by atoms with Crippen LogP contribution in [0, 0.1) is 28.2 Å². The highest BCUT2D eigenvalue weighted by Gasteiger charge is 2.37. The smallest absolute Gasteiger partial charge is 0.314 e. The largest absolute Gasteiger partial charge is 0.618 e. The molecule has 2 aromatic rings. The van der Waals surface area contributed by atoms with Gasteiger partial charge in [-0.3, -0.25) is 4.79 Å². The van der Waals surface area contributed by atoms with E-state index in [4.69, 9.17) is 21.1 Å². The molecular weight excluding hydrogens is 416 g/mol. The first-order valence-electron chi connectivity index (χ1n) is 9.49. The summed E-state index contributed by atoms with van der Waals surface area (Å²) < 4.78 is 12.2. The van der Waals surface area contributed by atoms with Gasteiger partial charge >= 0.3 is 5.97 Å². The minimum Gasteiger partial charge on any atom is -0.618 e. The third-order valence-electron chi connectivity index (χ3n) is 5.54. The van der Waals surface area contributed by atoms with Gasteiger partial charge in [-0.25, -0.2) is 0 Å². The van der Waals surface area contributed by atoms with E-state index in [2.05, 4.69) is 4.84 Å². The number of benzene rings is 1. The summed E-state index contributed by atoms with van der Waals surface area (Å²) in [4.78, 5) is 27.8. The summed E-state index contributed by atoms with van der Waals surface area (Å²) >= 11 is 5.95. The van der Waals surface area contributed by atoms with Gasteiger partial charge in [0.25, 0.3) is 5.09 Å². The maximum absolute atomic E-state index is 12.7. The van der Waals surface area contributed by atoms with Crippen molar-refractivity contribution in [1.29, 1.82) is 0 Å². The fourth-order valence-corrected chi connectivity index (χ4v) is 4.11. The highest BCUT2D eigenvalue weighted by atomic mass is 35.5. The number of aromatic nitrogens is 1. The first kappa shape index (κ1) is 20.4. The van der Waals surface area contributed by atoms with E-state index < -0.39 is 29.2 Å². The van der Waals surface area contributed by atoms with Crippen molar-refractivity contribution < 1.29 is 28.9 Å². The zero-order valence-corrected chi connectivity index (χ0v) is 16.8. The molecule has 2 aliphatic rings. The van der Waals surface area contributed by atoms with E-state index in [0.29, 0.717) is 33.7 Å². The third-order valence-corrected chi connectivity index (χ3v) is 5.80. The summed E-state index contributed by atoms with van der Waals surface area (Å²) in [6.45, 7) is 1.75. The number of carbonyl (C=O) groups excluding carboxylic acids is 1. The average molecular weight is 435 g/mol. The van der Waals surface area contributed by atoms with E-state index in [9.17, 15) is 20.1 Å². The van der Waals surface area contributed by atoms with Gasteiger partial charge in [0, 0.05) is 17.5 Å². The Bertz CT molecular complexity index is 996. The quantitative estimate of drug-likeness (QED) is 0.233. The lowest BCUT2D eigenvalue weighted by Crippen LogP contribution is -2.33. The highest BCUT2D eigenvalue weighted by molar-refractivity contribution is 6.30. The summed E-state index contributed by atoms with van der Waals surface area (Å²) in [5.41, 5.74) is 2.35. The maximum Gasteiger partial charge on any atom is 0.314 e. The Balaban J connectivity index is 1.58. The van der Waals surface area contributed by atoms with Crippen molar-refractivity contribution in [2.45, 2.75) is 45.0 Å². The second kappa shape index (κ2) is 8.08. The van der Waals surface area contributed by atoms with Crippen molar-refractivity contribution >= 4 is 17.6 Å².